The Kier molecular flexibility index (Phi) is 3.91. The molecule has 0 radical (unpaired) electrons. The summed E-state index contributed by atoms with van der Waals surface area (Å²) >= 11 is 0. The highest BCUT2D eigenvalue weighted by atomic mass is 19.1. The maximum atomic E-state index is 12.7. The molecule has 0 spiro atoms. The Bertz CT molecular complexity index is 325. The average molecular weight is 223 g/mol. The number of aliphatic hydroxyl groups excluding tert-OH is 1. The minimum Gasteiger partial charge on any atom is -0.396 e. The van der Waals surface area contributed by atoms with Gasteiger partial charge in [-0.2, -0.15) is 0 Å². The van der Waals surface area contributed by atoms with Crippen LogP contribution in [0.3, 0.4) is 0 Å². The van der Waals surface area contributed by atoms with E-state index in [0.29, 0.717) is 5.92 Å². The molecule has 1 aliphatic heterocycles. The molecule has 2 rings (SSSR count). The van der Waals surface area contributed by atoms with Gasteiger partial charge in [0.25, 0.3) is 0 Å². The zero-order valence-electron chi connectivity index (χ0n) is 9.40. The fourth-order valence-corrected chi connectivity index (χ4v) is 2.32. The molecule has 0 saturated carbocycles. The molecule has 1 unspecified atom stereocenters. The van der Waals surface area contributed by atoms with Gasteiger partial charge in [-0.25, -0.2) is 4.39 Å². The maximum absolute atomic E-state index is 12.7. The lowest BCUT2D eigenvalue weighted by Crippen LogP contribution is -2.20. The molecule has 16 heavy (non-hydrogen) atoms. The van der Waals surface area contributed by atoms with Crippen molar-refractivity contribution in [2.45, 2.75) is 19.4 Å². The number of rotatable bonds is 4. The predicted molar refractivity (Wildman–Crippen MR) is 61.5 cm³/mol. The Morgan fingerprint density at radius 1 is 1.31 bits per heavy atom. The predicted octanol–water partition coefficient (Wildman–Crippen LogP) is 2.03. The number of halogens is 1. The summed E-state index contributed by atoms with van der Waals surface area (Å²) in [5.74, 6) is 0.453. The summed E-state index contributed by atoms with van der Waals surface area (Å²) in [6, 6.07) is 6.70. The first-order valence-electron chi connectivity index (χ1n) is 5.85. The molecule has 1 aromatic rings. The monoisotopic (exact) mass is 223 g/mol. The van der Waals surface area contributed by atoms with Crippen LogP contribution in [0.25, 0.3) is 0 Å². The molecular formula is C13H18FNO. The lowest BCUT2D eigenvalue weighted by molar-refractivity contribution is 0.249. The third-order valence-electron chi connectivity index (χ3n) is 3.23. The van der Waals surface area contributed by atoms with Gasteiger partial charge < -0.3 is 5.11 Å². The van der Waals surface area contributed by atoms with Crippen molar-refractivity contribution in [3.05, 3.63) is 35.6 Å². The number of hydrogen-bond acceptors (Lipinski definition) is 2. The molecule has 1 aliphatic rings. The summed E-state index contributed by atoms with van der Waals surface area (Å²) in [5.41, 5.74) is 1.16. The molecule has 0 aliphatic carbocycles. The van der Waals surface area contributed by atoms with Gasteiger partial charge in [0.15, 0.2) is 0 Å². The fraction of sp³-hybridized carbons (Fsp3) is 0.538. The van der Waals surface area contributed by atoms with E-state index in [-0.39, 0.29) is 12.4 Å². The maximum Gasteiger partial charge on any atom is 0.123 e. The standard InChI is InChI=1S/C13H18FNO/c14-13-3-1-11(2-4-13)9-15-7-5-12(10-15)6-8-16/h1-4,12,16H,5-10H2. The summed E-state index contributed by atoms with van der Waals surface area (Å²) in [6.45, 7) is 3.32. The molecule has 1 heterocycles. The van der Waals surface area contributed by atoms with Crippen molar-refractivity contribution >= 4 is 0 Å². The van der Waals surface area contributed by atoms with Crippen LogP contribution in [-0.2, 0) is 6.54 Å². The molecule has 88 valence electrons. The van der Waals surface area contributed by atoms with Crippen molar-refractivity contribution in [3.63, 3.8) is 0 Å². The smallest absolute Gasteiger partial charge is 0.123 e. The Labute approximate surface area is 95.7 Å². The second-order valence-electron chi connectivity index (χ2n) is 4.53. The molecule has 0 amide bonds. The molecule has 1 N–H and O–H groups in total. The van der Waals surface area contributed by atoms with E-state index in [1.807, 2.05) is 12.1 Å². The first kappa shape index (κ1) is 11.6. The summed E-state index contributed by atoms with van der Waals surface area (Å²) in [4.78, 5) is 2.37. The molecule has 1 aromatic carbocycles. The van der Waals surface area contributed by atoms with E-state index in [9.17, 15) is 4.39 Å². The second-order valence-corrected chi connectivity index (χ2v) is 4.53. The van der Waals surface area contributed by atoms with E-state index in [2.05, 4.69) is 4.90 Å². The highest BCUT2D eigenvalue weighted by Crippen LogP contribution is 2.21. The number of benzene rings is 1. The first-order chi connectivity index (χ1) is 7.78. The van der Waals surface area contributed by atoms with Gasteiger partial charge in [0.2, 0.25) is 0 Å². The van der Waals surface area contributed by atoms with Crippen LogP contribution in [0.1, 0.15) is 18.4 Å². The van der Waals surface area contributed by atoms with E-state index in [4.69, 9.17) is 5.11 Å². The summed E-state index contributed by atoms with van der Waals surface area (Å²) < 4.78 is 12.7. The van der Waals surface area contributed by atoms with Crippen LogP contribution < -0.4 is 0 Å². The Balaban J connectivity index is 1.84. The molecule has 0 aromatic heterocycles. The van der Waals surface area contributed by atoms with Crippen LogP contribution in [0.15, 0.2) is 24.3 Å². The minimum atomic E-state index is -0.177. The van der Waals surface area contributed by atoms with E-state index in [1.54, 1.807) is 0 Å². The summed E-state index contributed by atoms with van der Waals surface area (Å²) in [7, 11) is 0. The van der Waals surface area contributed by atoms with E-state index >= 15 is 0 Å². The third-order valence-corrected chi connectivity index (χ3v) is 3.23. The lowest BCUT2D eigenvalue weighted by Gasteiger charge is -2.15. The molecule has 1 fully saturated rings. The Hall–Kier alpha value is -0.930. The van der Waals surface area contributed by atoms with Crippen molar-refractivity contribution in [3.8, 4) is 0 Å². The van der Waals surface area contributed by atoms with Gasteiger partial charge >= 0.3 is 0 Å². The van der Waals surface area contributed by atoms with Gasteiger partial charge in [0, 0.05) is 19.7 Å². The quantitative estimate of drug-likeness (QED) is 0.844. The Morgan fingerprint density at radius 3 is 2.75 bits per heavy atom. The highest BCUT2D eigenvalue weighted by Gasteiger charge is 2.21. The lowest BCUT2D eigenvalue weighted by atomic mass is 10.1. The number of hydrogen-bond donors (Lipinski definition) is 1. The van der Waals surface area contributed by atoms with Gasteiger partial charge in [-0.05, 0) is 43.0 Å². The second kappa shape index (κ2) is 5.41. The van der Waals surface area contributed by atoms with Gasteiger partial charge in [0.05, 0.1) is 0 Å². The molecular weight excluding hydrogens is 205 g/mol. The molecule has 1 saturated heterocycles. The molecule has 0 bridgehead atoms. The number of aliphatic hydroxyl groups is 1. The SMILES string of the molecule is OCCC1CCN(Cc2ccc(F)cc2)C1. The van der Waals surface area contributed by atoms with Gasteiger partial charge in [0.1, 0.15) is 5.82 Å². The Morgan fingerprint density at radius 2 is 2.06 bits per heavy atom. The number of nitrogens with zero attached hydrogens (tertiary/aromatic N) is 1. The molecule has 2 nitrogen and oxygen atoms in total. The van der Waals surface area contributed by atoms with Crippen molar-refractivity contribution in [2.24, 2.45) is 5.92 Å². The minimum absolute atomic E-state index is 0.177. The van der Waals surface area contributed by atoms with Crippen LogP contribution >= 0.6 is 0 Å². The largest absolute Gasteiger partial charge is 0.396 e. The van der Waals surface area contributed by atoms with Crippen LogP contribution in [0, 0.1) is 11.7 Å². The van der Waals surface area contributed by atoms with Crippen molar-refractivity contribution < 1.29 is 9.50 Å². The van der Waals surface area contributed by atoms with Gasteiger partial charge in [-0.1, -0.05) is 12.1 Å². The van der Waals surface area contributed by atoms with Gasteiger partial charge in [-0.15, -0.1) is 0 Å². The van der Waals surface area contributed by atoms with Gasteiger partial charge in [-0.3, -0.25) is 4.90 Å². The zero-order chi connectivity index (χ0) is 11.4. The van der Waals surface area contributed by atoms with Crippen LogP contribution in [0.4, 0.5) is 4.39 Å². The first-order valence-corrected chi connectivity index (χ1v) is 5.85. The van der Waals surface area contributed by atoms with E-state index in [1.165, 1.54) is 18.6 Å². The normalized spacial score (nSPS) is 21.5. The van der Waals surface area contributed by atoms with Crippen LogP contribution in [-0.4, -0.2) is 29.7 Å². The van der Waals surface area contributed by atoms with Crippen molar-refractivity contribution in [2.75, 3.05) is 19.7 Å². The topological polar surface area (TPSA) is 23.5 Å². The molecule has 3 heteroatoms. The van der Waals surface area contributed by atoms with Crippen LogP contribution in [0.5, 0.6) is 0 Å². The van der Waals surface area contributed by atoms with E-state index < -0.39 is 0 Å². The number of likely N-dealkylation sites (tertiary alicyclic amines) is 1. The summed E-state index contributed by atoms with van der Waals surface area (Å²) in [5, 5.41) is 8.87. The molecule has 1 atom stereocenters. The highest BCUT2D eigenvalue weighted by molar-refractivity contribution is 5.16. The van der Waals surface area contributed by atoms with E-state index in [0.717, 1.165) is 31.6 Å². The summed E-state index contributed by atoms with van der Waals surface area (Å²) in [6.07, 6.45) is 2.07. The third kappa shape index (κ3) is 3.03. The van der Waals surface area contributed by atoms with Crippen LogP contribution in [0.2, 0.25) is 0 Å². The fourth-order valence-electron chi connectivity index (χ4n) is 2.32. The average Bonchev–Trinajstić information content (AvgIpc) is 2.70. The van der Waals surface area contributed by atoms with Crippen molar-refractivity contribution in [1.82, 2.24) is 4.90 Å². The van der Waals surface area contributed by atoms with Crippen molar-refractivity contribution in [1.29, 1.82) is 0 Å². The zero-order valence-corrected chi connectivity index (χ0v) is 9.40.